The zero-order chi connectivity index (χ0) is 19.9. The normalized spacial score (nSPS) is 14.7. The predicted octanol–water partition coefficient (Wildman–Crippen LogP) is 2.43. The van der Waals surface area contributed by atoms with Gasteiger partial charge in [0.25, 0.3) is 0 Å². The molecule has 0 amide bonds. The Kier molecular flexibility index (Phi) is 11.6. The summed E-state index contributed by atoms with van der Waals surface area (Å²) < 4.78 is 11.1. The Bertz CT molecular complexity index is 565. The molecule has 2 rings (SSSR count). The molecule has 1 aromatic rings. The first-order valence-corrected chi connectivity index (χ1v) is 10.8. The van der Waals surface area contributed by atoms with Gasteiger partial charge in [0.1, 0.15) is 0 Å². The fraction of sp³-hybridized carbons (Fsp3) is 0.682. The zero-order valence-corrected chi connectivity index (χ0v) is 17.7. The van der Waals surface area contributed by atoms with Crippen LogP contribution in [0.15, 0.2) is 29.3 Å². The van der Waals surface area contributed by atoms with Gasteiger partial charge in [-0.1, -0.05) is 37.6 Å². The molecule has 1 aromatic carbocycles. The first-order valence-electron chi connectivity index (χ1n) is 10.8. The van der Waals surface area contributed by atoms with Crippen molar-refractivity contribution in [2.75, 3.05) is 59.2 Å². The number of fused-ring (bicyclic) bond motifs is 1. The Morgan fingerprint density at radius 3 is 2.61 bits per heavy atom. The van der Waals surface area contributed by atoms with E-state index in [2.05, 4.69) is 53.6 Å². The number of unbranched alkanes of at least 4 members (excludes halogenated alkanes) is 1. The molecular weight excluding hydrogens is 352 g/mol. The molecule has 0 atom stereocenters. The molecule has 0 fully saturated rings. The predicted molar refractivity (Wildman–Crippen MR) is 116 cm³/mol. The van der Waals surface area contributed by atoms with Gasteiger partial charge in [-0.2, -0.15) is 0 Å². The molecule has 0 radical (unpaired) electrons. The second-order valence-electron chi connectivity index (χ2n) is 7.06. The lowest BCUT2D eigenvalue weighted by molar-refractivity contribution is 0.0487. The van der Waals surface area contributed by atoms with E-state index in [0.29, 0.717) is 19.8 Å². The standard InChI is InChI=1S/C22H38N4O2/c1-3-5-15-27-17-18-28-16-12-25-22(23-4-2)24-11-14-26-13-10-20-8-6-7-9-21(20)19-26/h6-9H,3-5,10-19H2,1-2H3,(H2,23,24,25). The minimum absolute atomic E-state index is 0.648. The largest absolute Gasteiger partial charge is 0.379 e. The summed E-state index contributed by atoms with van der Waals surface area (Å²) in [5.41, 5.74) is 2.95. The van der Waals surface area contributed by atoms with Crippen molar-refractivity contribution >= 4 is 5.96 Å². The van der Waals surface area contributed by atoms with Gasteiger partial charge in [-0.05, 0) is 30.9 Å². The maximum atomic E-state index is 5.60. The third-order valence-corrected chi connectivity index (χ3v) is 4.79. The van der Waals surface area contributed by atoms with Crippen LogP contribution in [0.25, 0.3) is 0 Å². The van der Waals surface area contributed by atoms with Gasteiger partial charge in [-0.3, -0.25) is 9.89 Å². The summed E-state index contributed by atoms with van der Waals surface area (Å²) in [4.78, 5) is 7.19. The summed E-state index contributed by atoms with van der Waals surface area (Å²) in [7, 11) is 0. The van der Waals surface area contributed by atoms with E-state index in [1.54, 1.807) is 0 Å². The second kappa shape index (κ2) is 14.4. The fourth-order valence-corrected chi connectivity index (χ4v) is 3.20. The van der Waals surface area contributed by atoms with Crippen molar-refractivity contribution in [1.82, 2.24) is 15.5 Å². The molecule has 0 bridgehead atoms. The number of rotatable bonds is 13. The first kappa shape index (κ1) is 22.7. The van der Waals surface area contributed by atoms with Crippen LogP contribution >= 0.6 is 0 Å². The second-order valence-corrected chi connectivity index (χ2v) is 7.06. The number of nitrogens with zero attached hydrogens (tertiary/aromatic N) is 2. The molecule has 0 aliphatic carbocycles. The molecule has 1 aliphatic rings. The van der Waals surface area contributed by atoms with Crippen LogP contribution in [0.5, 0.6) is 0 Å². The fourth-order valence-electron chi connectivity index (χ4n) is 3.20. The summed E-state index contributed by atoms with van der Waals surface area (Å²) in [6.45, 7) is 12.6. The van der Waals surface area contributed by atoms with Crippen molar-refractivity contribution in [2.45, 2.75) is 39.7 Å². The van der Waals surface area contributed by atoms with Crippen molar-refractivity contribution in [1.29, 1.82) is 0 Å². The molecule has 2 N–H and O–H groups in total. The van der Waals surface area contributed by atoms with E-state index in [1.165, 1.54) is 17.5 Å². The Morgan fingerprint density at radius 1 is 1.04 bits per heavy atom. The van der Waals surface area contributed by atoms with Gasteiger partial charge in [0.2, 0.25) is 0 Å². The molecule has 0 unspecified atom stereocenters. The molecule has 6 heteroatoms. The number of nitrogens with one attached hydrogen (secondary N) is 2. The van der Waals surface area contributed by atoms with Crippen LogP contribution in [0.4, 0.5) is 0 Å². The lowest BCUT2D eigenvalue weighted by Crippen LogP contribution is -2.40. The molecule has 28 heavy (non-hydrogen) atoms. The molecule has 158 valence electrons. The number of benzene rings is 1. The van der Waals surface area contributed by atoms with E-state index in [0.717, 1.165) is 64.7 Å². The van der Waals surface area contributed by atoms with E-state index < -0.39 is 0 Å². The van der Waals surface area contributed by atoms with Crippen LogP contribution in [0, 0.1) is 0 Å². The highest BCUT2D eigenvalue weighted by atomic mass is 16.5. The maximum Gasteiger partial charge on any atom is 0.191 e. The Balaban J connectivity index is 1.59. The monoisotopic (exact) mass is 390 g/mol. The van der Waals surface area contributed by atoms with Crippen molar-refractivity contribution in [2.24, 2.45) is 4.99 Å². The zero-order valence-electron chi connectivity index (χ0n) is 17.7. The molecule has 6 nitrogen and oxygen atoms in total. The minimum Gasteiger partial charge on any atom is -0.379 e. The molecule has 0 saturated carbocycles. The van der Waals surface area contributed by atoms with E-state index in [9.17, 15) is 0 Å². The maximum absolute atomic E-state index is 5.60. The van der Waals surface area contributed by atoms with Crippen molar-refractivity contribution < 1.29 is 9.47 Å². The molecular formula is C22H38N4O2. The van der Waals surface area contributed by atoms with Crippen molar-refractivity contribution in [3.63, 3.8) is 0 Å². The smallest absolute Gasteiger partial charge is 0.191 e. The summed E-state index contributed by atoms with van der Waals surface area (Å²) in [6.07, 6.45) is 3.42. The molecule has 1 heterocycles. The van der Waals surface area contributed by atoms with Crippen LogP contribution in [0.3, 0.4) is 0 Å². The summed E-state index contributed by atoms with van der Waals surface area (Å²) in [5, 5.41) is 6.64. The topological polar surface area (TPSA) is 58.1 Å². The number of guanidine groups is 1. The van der Waals surface area contributed by atoms with Gasteiger partial charge in [0.15, 0.2) is 5.96 Å². The molecule has 1 aliphatic heterocycles. The molecule has 0 saturated heterocycles. The molecule has 0 aromatic heterocycles. The van der Waals surface area contributed by atoms with Crippen molar-refractivity contribution in [3.8, 4) is 0 Å². The van der Waals surface area contributed by atoms with E-state index in [1.807, 2.05) is 0 Å². The van der Waals surface area contributed by atoms with Crippen LogP contribution in [-0.4, -0.2) is 70.0 Å². The van der Waals surface area contributed by atoms with E-state index in [-0.39, 0.29) is 0 Å². The third kappa shape index (κ3) is 9.04. The van der Waals surface area contributed by atoms with E-state index in [4.69, 9.17) is 14.5 Å². The van der Waals surface area contributed by atoms with Gasteiger partial charge < -0.3 is 20.1 Å². The highest BCUT2D eigenvalue weighted by Gasteiger charge is 2.14. The lowest BCUT2D eigenvalue weighted by Gasteiger charge is -2.28. The molecule has 0 spiro atoms. The minimum atomic E-state index is 0.648. The van der Waals surface area contributed by atoms with Crippen LogP contribution in [0.1, 0.15) is 37.8 Å². The number of aliphatic imine (C=N–C) groups is 1. The highest BCUT2D eigenvalue weighted by molar-refractivity contribution is 5.79. The Hall–Kier alpha value is -1.63. The first-order chi connectivity index (χ1) is 13.8. The van der Waals surface area contributed by atoms with Gasteiger partial charge in [0.05, 0.1) is 26.4 Å². The summed E-state index contributed by atoms with van der Waals surface area (Å²) in [5.74, 6) is 0.864. The van der Waals surface area contributed by atoms with Gasteiger partial charge >= 0.3 is 0 Å². The lowest BCUT2D eigenvalue weighted by atomic mass is 10.0. The van der Waals surface area contributed by atoms with Crippen LogP contribution in [0.2, 0.25) is 0 Å². The van der Waals surface area contributed by atoms with Gasteiger partial charge in [-0.25, -0.2) is 0 Å². The van der Waals surface area contributed by atoms with Crippen LogP contribution in [-0.2, 0) is 22.4 Å². The average molecular weight is 391 g/mol. The summed E-state index contributed by atoms with van der Waals surface area (Å²) in [6, 6.07) is 8.76. The number of hydrogen-bond donors (Lipinski definition) is 2. The third-order valence-electron chi connectivity index (χ3n) is 4.79. The number of ether oxygens (including phenoxy) is 2. The van der Waals surface area contributed by atoms with Gasteiger partial charge in [0, 0.05) is 39.3 Å². The van der Waals surface area contributed by atoms with Crippen molar-refractivity contribution in [3.05, 3.63) is 35.4 Å². The highest BCUT2D eigenvalue weighted by Crippen LogP contribution is 2.17. The van der Waals surface area contributed by atoms with Gasteiger partial charge in [-0.15, -0.1) is 0 Å². The van der Waals surface area contributed by atoms with E-state index >= 15 is 0 Å². The Morgan fingerprint density at radius 2 is 1.82 bits per heavy atom. The van der Waals surface area contributed by atoms with Crippen LogP contribution < -0.4 is 10.6 Å². The summed E-state index contributed by atoms with van der Waals surface area (Å²) >= 11 is 0. The quantitative estimate of drug-likeness (QED) is 0.308. The average Bonchev–Trinajstić information content (AvgIpc) is 2.72. The Labute approximate surface area is 170 Å². The SMILES string of the molecule is CCCCOCCOCCNC(=NCCN1CCc2ccccc2C1)NCC. The number of hydrogen-bond acceptors (Lipinski definition) is 4.